The number of halogens is 5. The first-order valence-electron chi connectivity index (χ1n) is 10.8. The van der Waals surface area contributed by atoms with Crippen molar-refractivity contribution >= 4 is 27.6 Å². The van der Waals surface area contributed by atoms with Gasteiger partial charge in [0, 0.05) is 22.8 Å². The average molecular weight is 558 g/mol. The lowest BCUT2D eigenvalue weighted by Gasteiger charge is -2.36. The zero-order chi connectivity index (χ0) is 25.8. The van der Waals surface area contributed by atoms with E-state index in [4.69, 9.17) is 0 Å². The highest BCUT2D eigenvalue weighted by atomic mass is 79.9. The molecule has 2 N–H and O–H groups in total. The molecular formula is C27H20BrF4N3O. The molecular weight excluding hydrogens is 538 g/mol. The van der Waals surface area contributed by atoms with Crippen molar-refractivity contribution in [2.24, 2.45) is 0 Å². The van der Waals surface area contributed by atoms with Gasteiger partial charge in [0.1, 0.15) is 11.4 Å². The number of anilines is 1. The first-order chi connectivity index (χ1) is 17.2. The van der Waals surface area contributed by atoms with Crippen LogP contribution in [0.2, 0.25) is 0 Å². The van der Waals surface area contributed by atoms with Gasteiger partial charge in [-0.2, -0.15) is 13.2 Å². The summed E-state index contributed by atoms with van der Waals surface area (Å²) in [7, 11) is 0. The molecule has 0 aliphatic rings. The SMILES string of the molecule is O=C(Nc1cccc(F)c1)NC(Cc1ccccc1)(c1cccc(C(F)(F)F)c1)c1ccc(Br)cn1. The molecule has 1 unspecified atom stereocenters. The predicted molar refractivity (Wildman–Crippen MR) is 133 cm³/mol. The Morgan fingerprint density at radius 3 is 2.25 bits per heavy atom. The second kappa shape index (κ2) is 10.5. The highest BCUT2D eigenvalue weighted by Gasteiger charge is 2.40. The zero-order valence-electron chi connectivity index (χ0n) is 18.7. The summed E-state index contributed by atoms with van der Waals surface area (Å²) in [5.41, 5.74) is -0.907. The number of amides is 2. The van der Waals surface area contributed by atoms with Crippen LogP contribution in [0.15, 0.2) is 102 Å². The molecule has 1 aromatic heterocycles. The average Bonchev–Trinajstić information content (AvgIpc) is 2.84. The number of pyridine rings is 1. The quantitative estimate of drug-likeness (QED) is 0.244. The maximum Gasteiger partial charge on any atom is 0.416 e. The van der Waals surface area contributed by atoms with Gasteiger partial charge in [-0.25, -0.2) is 9.18 Å². The molecule has 1 heterocycles. The Hall–Kier alpha value is -3.72. The number of nitrogens with zero attached hydrogens (tertiary/aromatic N) is 1. The molecule has 0 aliphatic carbocycles. The van der Waals surface area contributed by atoms with E-state index in [0.29, 0.717) is 10.2 Å². The molecule has 4 rings (SSSR count). The summed E-state index contributed by atoms with van der Waals surface area (Å²) in [4.78, 5) is 17.7. The zero-order valence-corrected chi connectivity index (χ0v) is 20.3. The Labute approximate surface area is 213 Å². The van der Waals surface area contributed by atoms with Gasteiger partial charge in [-0.3, -0.25) is 4.98 Å². The van der Waals surface area contributed by atoms with Crippen LogP contribution in [0.5, 0.6) is 0 Å². The standard InChI is InChI=1S/C27H20BrF4N3O/c28-21-12-13-24(33-17-21)26(16-18-6-2-1-3-7-18,19-8-4-9-20(14-19)27(30,31)32)35-25(36)34-23-11-5-10-22(29)15-23/h1-15,17H,16H2,(H2,34,35,36). The van der Waals surface area contributed by atoms with E-state index in [9.17, 15) is 22.4 Å². The predicted octanol–water partition coefficient (Wildman–Crippen LogP) is 7.31. The number of rotatable bonds is 6. The van der Waals surface area contributed by atoms with Gasteiger partial charge in [0.15, 0.2) is 0 Å². The molecule has 0 saturated heterocycles. The van der Waals surface area contributed by atoms with Gasteiger partial charge < -0.3 is 10.6 Å². The molecule has 1 atom stereocenters. The Kier molecular flexibility index (Phi) is 7.40. The lowest BCUT2D eigenvalue weighted by atomic mass is 9.80. The number of benzene rings is 3. The normalized spacial score (nSPS) is 13.0. The lowest BCUT2D eigenvalue weighted by Crippen LogP contribution is -2.50. The van der Waals surface area contributed by atoms with Crippen LogP contribution in [0, 0.1) is 5.82 Å². The van der Waals surface area contributed by atoms with Crippen LogP contribution in [0.3, 0.4) is 0 Å². The molecule has 4 aromatic rings. The largest absolute Gasteiger partial charge is 0.416 e. The maximum absolute atomic E-state index is 13.7. The monoisotopic (exact) mass is 557 g/mol. The number of aromatic nitrogens is 1. The minimum atomic E-state index is -4.59. The number of hydrogen-bond acceptors (Lipinski definition) is 2. The van der Waals surface area contributed by atoms with Crippen molar-refractivity contribution in [3.63, 3.8) is 0 Å². The third-order valence-corrected chi connectivity index (χ3v) is 6.04. The first-order valence-corrected chi connectivity index (χ1v) is 11.6. The fraction of sp³-hybridized carbons (Fsp3) is 0.111. The summed E-state index contributed by atoms with van der Waals surface area (Å²) in [6.45, 7) is 0. The Morgan fingerprint density at radius 2 is 1.58 bits per heavy atom. The molecule has 0 bridgehead atoms. The number of alkyl halides is 3. The fourth-order valence-electron chi connectivity index (χ4n) is 3.93. The van der Waals surface area contributed by atoms with Crippen LogP contribution < -0.4 is 10.6 Å². The molecule has 184 valence electrons. The molecule has 0 radical (unpaired) electrons. The van der Waals surface area contributed by atoms with E-state index in [-0.39, 0.29) is 17.7 Å². The van der Waals surface area contributed by atoms with E-state index in [1.165, 1.54) is 36.5 Å². The van der Waals surface area contributed by atoms with E-state index >= 15 is 0 Å². The van der Waals surface area contributed by atoms with Crippen molar-refractivity contribution in [3.8, 4) is 0 Å². The summed E-state index contributed by atoms with van der Waals surface area (Å²) < 4.78 is 55.3. The number of urea groups is 1. The van der Waals surface area contributed by atoms with E-state index in [1.54, 1.807) is 24.3 Å². The van der Waals surface area contributed by atoms with Gasteiger partial charge in [-0.05, 0) is 69.5 Å². The van der Waals surface area contributed by atoms with Crippen LogP contribution in [0.4, 0.5) is 28.0 Å². The molecule has 36 heavy (non-hydrogen) atoms. The van der Waals surface area contributed by atoms with E-state index in [1.807, 2.05) is 18.2 Å². The number of nitrogens with one attached hydrogen (secondary N) is 2. The minimum Gasteiger partial charge on any atom is -0.322 e. The third-order valence-electron chi connectivity index (χ3n) is 5.57. The number of hydrogen-bond donors (Lipinski definition) is 2. The molecule has 2 amide bonds. The van der Waals surface area contributed by atoms with Gasteiger partial charge >= 0.3 is 12.2 Å². The van der Waals surface area contributed by atoms with E-state index in [2.05, 4.69) is 31.5 Å². The van der Waals surface area contributed by atoms with Gasteiger partial charge in [0.2, 0.25) is 0 Å². The lowest BCUT2D eigenvalue weighted by molar-refractivity contribution is -0.137. The molecule has 0 saturated carbocycles. The first kappa shape index (κ1) is 25.4. The van der Waals surface area contributed by atoms with Crippen molar-refractivity contribution in [3.05, 3.63) is 130 Å². The number of carbonyl (C=O) groups is 1. The van der Waals surface area contributed by atoms with Crippen molar-refractivity contribution in [1.82, 2.24) is 10.3 Å². The van der Waals surface area contributed by atoms with Crippen LogP contribution in [-0.2, 0) is 18.1 Å². The van der Waals surface area contributed by atoms with Crippen molar-refractivity contribution < 1.29 is 22.4 Å². The molecule has 0 fully saturated rings. The van der Waals surface area contributed by atoms with Crippen LogP contribution in [-0.4, -0.2) is 11.0 Å². The van der Waals surface area contributed by atoms with E-state index in [0.717, 1.165) is 23.8 Å². The third kappa shape index (κ3) is 5.91. The highest BCUT2D eigenvalue weighted by molar-refractivity contribution is 9.10. The van der Waals surface area contributed by atoms with Crippen molar-refractivity contribution in [2.45, 2.75) is 18.1 Å². The van der Waals surface area contributed by atoms with Gasteiger partial charge in [0.25, 0.3) is 0 Å². The smallest absolute Gasteiger partial charge is 0.322 e. The van der Waals surface area contributed by atoms with Gasteiger partial charge in [0.05, 0.1) is 11.3 Å². The summed E-state index contributed by atoms with van der Waals surface area (Å²) >= 11 is 3.33. The summed E-state index contributed by atoms with van der Waals surface area (Å²) in [6, 6.07) is 21.7. The number of carbonyl (C=O) groups excluding carboxylic acids is 1. The van der Waals surface area contributed by atoms with Crippen LogP contribution >= 0.6 is 15.9 Å². The minimum absolute atomic E-state index is 0.0976. The Morgan fingerprint density at radius 1 is 0.861 bits per heavy atom. The molecule has 9 heteroatoms. The summed E-state index contributed by atoms with van der Waals surface area (Å²) in [6.07, 6.45) is -2.99. The van der Waals surface area contributed by atoms with Crippen LogP contribution in [0.1, 0.15) is 22.4 Å². The van der Waals surface area contributed by atoms with Gasteiger partial charge in [-0.1, -0.05) is 48.5 Å². The topological polar surface area (TPSA) is 54.0 Å². The van der Waals surface area contributed by atoms with Crippen molar-refractivity contribution in [1.29, 1.82) is 0 Å². The Bertz CT molecular complexity index is 1350. The fourth-order valence-corrected chi connectivity index (χ4v) is 4.17. The maximum atomic E-state index is 13.7. The Balaban J connectivity index is 1.87. The van der Waals surface area contributed by atoms with Gasteiger partial charge in [-0.15, -0.1) is 0 Å². The second-order valence-electron chi connectivity index (χ2n) is 8.10. The molecule has 0 spiro atoms. The molecule has 0 aliphatic heterocycles. The highest BCUT2D eigenvalue weighted by Crippen LogP contribution is 2.37. The summed E-state index contributed by atoms with van der Waals surface area (Å²) in [5.74, 6) is -0.546. The van der Waals surface area contributed by atoms with E-state index < -0.39 is 29.1 Å². The molecule has 4 nitrogen and oxygen atoms in total. The molecule has 3 aromatic carbocycles. The van der Waals surface area contributed by atoms with Crippen LogP contribution in [0.25, 0.3) is 0 Å². The second-order valence-corrected chi connectivity index (χ2v) is 9.01. The summed E-state index contributed by atoms with van der Waals surface area (Å²) in [5, 5.41) is 5.43. The van der Waals surface area contributed by atoms with Crippen molar-refractivity contribution in [2.75, 3.05) is 5.32 Å².